The van der Waals surface area contributed by atoms with Crippen LogP contribution in [0.4, 0.5) is 4.79 Å². The van der Waals surface area contributed by atoms with Crippen LogP contribution in [0.1, 0.15) is 16.2 Å². The lowest BCUT2D eigenvalue weighted by molar-refractivity contribution is -0.123. The normalized spacial score (nSPS) is 10.4. The fourth-order valence-electron chi connectivity index (χ4n) is 2.82. The van der Waals surface area contributed by atoms with E-state index in [1.807, 2.05) is 41.8 Å². The number of amides is 3. The van der Waals surface area contributed by atoms with Crippen molar-refractivity contribution in [3.05, 3.63) is 72.6 Å². The van der Waals surface area contributed by atoms with Crippen molar-refractivity contribution in [2.45, 2.75) is 6.92 Å². The Bertz CT molecular complexity index is 1070. The van der Waals surface area contributed by atoms with Gasteiger partial charge in [-0.05, 0) is 37.3 Å². The lowest BCUT2D eigenvalue weighted by Gasteiger charge is -2.08. The molecule has 1 heterocycles. The SMILES string of the molecule is C=CCNC(=O)NC(=O)COC(=O)c1ccc2c(c1)nc(C)n2-c1ccccc1. The van der Waals surface area contributed by atoms with Crippen molar-refractivity contribution in [2.75, 3.05) is 13.2 Å². The van der Waals surface area contributed by atoms with Crippen LogP contribution in [-0.4, -0.2) is 40.6 Å². The average Bonchev–Trinajstić information content (AvgIpc) is 3.05. The van der Waals surface area contributed by atoms with E-state index < -0.39 is 24.5 Å². The highest BCUT2D eigenvalue weighted by Crippen LogP contribution is 2.22. The molecule has 0 radical (unpaired) electrons. The molecule has 0 aliphatic heterocycles. The van der Waals surface area contributed by atoms with E-state index >= 15 is 0 Å². The third kappa shape index (κ3) is 4.67. The summed E-state index contributed by atoms with van der Waals surface area (Å²) in [5.74, 6) is -0.632. The van der Waals surface area contributed by atoms with Crippen LogP contribution in [-0.2, 0) is 9.53 Å². The molecule has 3 aromatic rings. The highest BCUT2D eigenvalue weighted by molar-refractivity contribution is 5.98. The number of esters is 1. The average molecular weight is 392 g/mol. The summed E-state index contributed by atoms with van der Waals surface area (Å²) < 4.78 is 6.97. The fraction of sp³-hybridized carbons (Fsp3) is 0.143. The largest absolute Gasteiger partial charge is 0.452 e. The summed E-state index contributed by atoms with van der Waals surface area (Å²) in [6.45, 7) is 4.97. The Balaban J connectivity index is 1.69. The number of nitrogens with zero attached hydrogens (tertiary/aromatic N) is 2. The Morgan fingerprint density at radius 1 is 1.17 bits per heavy atom. The second-order valence-corrected chi connectivity index (χ2v) is 6.16. The van der Waals surface area contributed by atoms with E-state index in [0.29, 0.717) is 5.52 Å². The first-order valence-corrected chi connectivity index (χ1v) is 8.90. The second-order valence-electron chi connectivity index (χ2n) is 6.16. The van der Waals surface area contributed by atoms with Gasteiger partial charge >= 0.3 is 12.0 Å². The number of nitrogens with one attached hydrogen (secondary N) is 2. The van der Waals surface area contributed by atoms with Gasteiger partial charge in [0.15, 0.2) is 6.61 Å². The smallest absolute Gasteiger partial charge is 0.338 e. The molecule has 0 saturated heterocycles. The molecule has 3 amide bonds. The Morgan fingerprint density at radius 2 is 1.93 bits per heavy atom. The molecule has 0 bridgehead atoms. The minimum Gasteiger partial charge on any atom is -0.452 e. The molecule has 29 heavy (non-hydrogen) atoms. The number of aryl methyl sites for hydroxylation is 1. The Morgan fingerprint density at radius 3 is 2.66 bits per heavy atom. The first kappa shape index (κ1) is 19.8. The van der Waals surface area contributed by atoms with Crippen molar-refractivity contribution in [2.24, 2.45) is 0 Å². The van der Waals surface area contributed by atoms with Gasteiger partial charge in [0, 0.05) is 12.2 Å². The van der Waals surface area contributed by atoms with Crippen molar-refractivity contribution in [1.82, 2.24) is 20.2 Å². The number of carbonyl (C=O) groups excluding carboxylic acids is 3. The number of fused-ring (bicyclic) bond motifs is 1. The number of rotatable bonds is 6. The third-order valence-corrected chi connectivity index (χ3v) is 4.07. The first-order chi connectivity index (χ1) is 14.0. The molecule has 0 spiro atoms. The molecule has 0 atom stereocenters. The maximum atomic E-state index is 12.3. The minimum atomic E-state index is -0.731. The summed E-state index contributed by atoms with van der Waals surface area (Å²) in [7, 11) is 0. The summed E-state index contributed by atoms with van der Waals surface area (Å²) >= 11 is 0. The molecule has 2 N–H and O–H groups in total. The maximum absolute atomic E-state index is 12.3. The number of para-hydroxylation sites is 1. The number of urea groups is 1. The van der Waals surface area contributed by atoms with E-state index in [-0.39, 0.29) is 12.1 Å². The number of imide groups is 1. The third-order valence-electron chi connectivity index (χ3n) is 4.07. The predicted molar refractivity (Wildman–Crippen MR) is 108 cm³/mol. The Hall–Kier alpha value is -3.94. The maximum Gasteiger partial charge on any atom is 0.338 e. The number of hydrogen-bond acceptors (Lipinski definition) is 5. The fourth-order valence-corrected chi connectivity index (χ4v) is 2.82. The molecule has 0 aliphatic rings. The lowest BCUT2D eigenvalue weighted by Crippen LogP contribution is -2.41. The summed E-state index contributed by atoms with van der Waals surface area (Å²) in [6, 6.07) is 14.1. The molecular formula is C21H20N4O4. The minimum absolute atomic E-state index is 0.216. The van der Waals surface area contributed by atoms with Crippen molar-refractivity contribution < 1.29 is 19.1 Å². The number of hydrogen-bond donors (Lipinski definition) is 2. The molecule has 148 valence electrons. The summed E-state index contributed by atoms with van der Waals surface area (Å²) in [5, 5.41) is 4.43. The molecule has 1 aromatic heterocycles. The van der Waals surface area contributed by atoms with E-state index in [0.717, 1.165) is 17.0 Å². The number of ether oxygens (including phenoxy) is 1. The topological polar surface area (TPSA) is 102 Å². The molecule has 0 fully saturated rings. The number of carbonyl (C=O) groups is 3. The van der Waals surface area contributed by atoms with Crippen LogP contribution in [0.2, 0.25) is 0 Å². The van der Waals surface area contributed by atoms with Gasteiger partial charge in [-0.25, -0.2) is 14.6 Å². The molecule has 8 heteroatoms. The van der Waals surface area contributed by atoms with Crippen molar-refractivity contribution in [3.63, 3.8) is 0 Å². The predicted octanol–water partition coefficient (Wildman–Crippen LogP) is 2.50. The summed E-state index contributed by atoms with van der Waals surface area (Å²) in [5.41, 5.74) is 2.71. The summed E-state index contributed by atoms with van der Waals surface area (Å²) in [4.78, 5) is 39.8. The van der Waals surface area contributed by atoms with Crippen LogP contribution >= 0.6 is 0 Å². The highest BCUT2D eigenvalue weighted by Gasteiger charge is 2.15. The van der Waals surface area contributed by atoms with Gasteiger partial charge in [0.2, 0.25) is 0 Å². The molecule has 0 saturated carbocycles. The van der Waals surface area contributed by atoms with Crippen LogP contribution in [0.15, 0.2) is 61.2 Å². The molecular weight excluding hydrogens is 372 g/mol. The van der Waals surface area contributed by atoms with Gasteiger partial charge in [-0.15, -0.1) is 6.58 Å². The van der Waals surface area contributed by atoms with Gasteiger partial charge in [-0.2, -0.15) is 0 Å². The molecule has 3 rings (SSSR count). The zero-order chi connectivity index (χ0) is 20.8. The Labute approximate surface area is 167 Å². The number of aromatic nitrogens is 2. The second kappa shape index (κ2) is 8.83. The van der Waals surface area contributed by atoms with E-state index in [2.05, 4.69) is 22.2 Å². The van der Waals surface area contributed by atoms with E-state index in [1.54, 1.807) is 18.2 Å². The zero-order valence-corrected chi connectivity index (χ0v) is 15.8. The van der Waals surface area contributed by atoms with Gasteiger partial charge < -0.3 is 10.1 Å². The monoisotopic (exact) mass is 392 g/mol. The van der Waals surface area contributed by atoms with E-state index in [4.69, 9.17) is 4.74 Å². The Kier molecular flexibility index (Phi) is 6.03. The van der Waals surface area contributed by atoms with Gasteiger partial charge in [-0.1, -0.05) is 24.3 Å². The van der Waals surface area contributed by atoms with Crippen molar-refractivity contribution >= 4 is 28.9 Å². The standard InChI is InChI=1S/C21H20N4O4/c1-3-11-22-21(28)24-19(26)13-29-20(27)15-9-10-18-17(12-15)23-14(2)25(18)16-7-5-4-6-8-16/h3-10,12H,1,11,13H2,2H3,(H2,22,24,26,28). The zero-order valence-electron chi connectivity index (χ0n) is 15.8. The van der Waals surface area contributed by atoms with Crippen LogP contribution in [0, 0.1) is 6.92 Å². The quantitative estimate of drug-likeness (QED) is 0.496. The molecule has 0 unspecified atom stereocenters. The van der Waals surface area contributed by atoms with Crippen molar-refractivity contribution in [1.29, 1.82) is 0 Å². The number of imidazole rings is 1. The highest BCUT2D eigenvalue weighted by atomic mass is 16.5. The van der Waals surface area contributed by atoms with Gasteiger partial charge in [0.25, 0.3) is 5.91 Å². The van der Waals surface area contributed by atoms with Crippen LogP contribution in [0.25, 0.3) is 16.7 Å². The molecule has 8 nitrogen and oxygen atoms in total. The number of benzene rings is 2. The van der Waals surface area contributed by atoms with Gasteiger partial charge in [0.05, 0.1) is 16.6 Å². The van der Waals surface area contributed by atoms with Crippen LogP contribution < -0.4 is 10.6 Å². The van der Waals surface area contributed by atoms with E-state index in [9.17, 15) is 14.4 Å². The van der Waals surface area contributed by atoms with Gasteiger partial charge in [0.1, 0.15) is 5.82 Å². The lowest BCUT2D eigenvalue weighted by atomic mass is 10.2. The molecule has 0 aliphatic carbocycles. The first-order valence-electron chi connectivity index (χ1n) is 8.90. The summed E-state index contributed by atoms with van der Waals surface area (Å²) in [6.07, 6.45) is 1.47. The van der Waals surface area contributed by atoms with Crippen LogP contribution in [0.5, 0.6) is 0 Å². The van der Waals surface area contributed by atoms with Crippen molar-refractivity contribution in [3.8, 4) is 5.69 Å². The van der Waals surface area contributed by atoms with Crippen LogP contribution in [0.3, 0.4) is 0 Å². The molecule has 2 aromatic carbocycles. The van der Waals surface area contributed by atoms with E-state index in [1.165, 1.54) is 6.08 Å². The van der Waals surface area contributed by atoms with Gasteiger partial charge in [-0.3, -0.25) is 14.7 Å².